The third-order valence-corrected chi connectivity index (χ3v) is 6.23. The number of phenols is 1. The first-order chi connectivity index (χ1) is 16.7. The van der Waals surface area contributed by atoms with E-state index >= 15 is 0 Å². The van der Waals surface area contributed by atoms with Crippen LogP contribution in [0.4, 0.5) is 5.69 Å². The molecule has 0 amide bonds. The molecule has 0 saturated heterocycles. The van der Waals surface area contributed by atoms with E-state index in [9.17, 15) is 4.79 Å². The Kier molecular flexibility index (Phi) is 7.57. The molecule has 0 saturated carbocycles. The van der Waals surface area contributed by atoms with E-state index in [1.54, 1.807) is 6.07 Å². The summed E-state index contributed by atoms with van der Waals surface area (Å²) in [5, 5.41) is 30.9. The number of carbonyl (C=O) groups is 1. The summed E-state index contributed by atoms with van der Waals surface area (Å²) in [7, 11) is 0. The van der Waals surface area contributed by atoms with Gasteiger partial charge in [-0.05, 0) is 91.9 Å². The van der Waals surface area contributed by atoms with E-state index in [1.807, 2.05) is 12.1 Å². The first-order valence-electron chi connectivity index (χ1n) is 11.0. The number of fused-ring (bicyclic) bond motifs is 1. The topological polar surface area (TPSA) is 111 Å². The number of hydrogen-bond acceptors (Lipinski definition) is 5. The Morgan fingerprint density at radius 1 is 1.09 bits per heavy atom. The molecule has 3 aromatic carbocycles. The maximum absolute atomic E-state index is 10.4. The van der Waals surface area contributed by atoms with E-state index in [0.29, 0.717) is 0 Å². The molecule has 7 nitrogen and oxygen atoms in total. The van der Waals surface area contributed by atoms with Gasteiger partial charge in [0.1, 0.15) is 11.8 Å². The van der Waals surface area contributed by atoms with Crippen molar-refractivity contribution >= 4 is 29.3 Å². The van der Waals surface area contributed by atoms with Gasteiger partial charge in [0.15, 0.2) is 0 Å². The fourth-order valence-electron chi connectivity index (χ4n) is 4.01. The van der Waals surface area contributed by atoms with Crippen LogP contribution in [0.15, 0.2) is 59.8 Å². The normalized spacial score (nSPS) is 10.3. The van der Waals surface area contributed by atoms with Crippen molar-refractivity contribution in [2.45, 2.75) is 34.2 Å². The smallest absolute Gasteiger partial charge is 0.335 e. The monoisotopic (exact) mass is 468 g/mol. The van der Waals surface area contributed by atoms with Crippen LogP contribution < -0.4 is 5.43 Å². The van der Waals surface area contributed by atoms with Crippen LogP contribution in [-0.2, 0) is 6.54 Å². The van der Waals surface area contributed by atoms with Crippen LogP contribution in [0.5, 0.6) is 5.75 Å². The van der Waals surface area contributed by atoms with Crippen LogP contribution in [0.25, 0.3) is 10.9 Å². The average Bonchev–Trinajstić information content (AvgIpc) is 3.25. The Hall–Kier alpha value is -4.57. The number of aromatic carboxylic acids is 1. The third kappa shape index (κ3) is 5.33. The molecule has 0 bridgehead atoms. The number of phenolic OH excluding ortho intramolecular Hbond substituents is 1. The van der Waals surface area contributed by atoms with Gasteiger partial charge in [-0.15, -0.1) is 0 Å². The summed E-state index contributed by atoms with van der Waals surface area (Å²) >= 11 is 0. The zero-order chi connectivity index (χ0) is 25.7. The Labute approximate surface area is 204 Å². The molecule has 0 aliphatic rings. The maximum Gasteiger partial charge on any atom is 0.335 e. The van der Waals surface area contributed by atoms with Gasteiger partial charge in [-0.25, -0.2) is 4.79 Å². The summed E-state index contributed by atoms with van der Waals surface area (Å²) in [6, 6.07) is 15.9. The van der Waals surface area contributed by atoms with Crippen molar-refractivity contribution in [3.63, 3.8) is 0 Å². The molecular weight excluding hydrogens is 440 g/mol. The second kappa shape index (κ2) is 10.6. The number of nitriles is 1. The molecule has 0 atom stereocenters. The second-order valence-electron chi connectivity index (χ2n) is 8.34. The highest BCUT2D eigenvalue weighted by Gasteiger charge is 2.11. The predicted octanol–water partition coefficient (Wildman–Crippen LogP) is 5.91. The van der Waals surface area contributed by atoms with Crippen molar-refractivity contribution in [2.75, 3.05) is 5.43 Å². The highest BCUT2D eigenvalue weighted by Crippen LogP contribution is 2.28. The number of aromatic hydroxyl groups is 1. The van der Waals surface area contributed by atoms with Gasteiger partial charge in [-0.1, -0.05) is 12.1 Å². The van der Waals surface area contributed by atoms with Gasteiger partial charge in [0, 0.05) is 24.8 Å². The number of rotatable bonds is 5. The number of hydrogen-bond donors (Lipinski definition) is 3. The van der Waals surface area contributed by atoms with Gasteiger partial charge in [-0.2, -0.15) is 10.4 Å². The lowest BCUT2D eigenvalue weighted by Crippen LogP contribution is -2.05. The van der Waals surface area contributed by atoms with Crippen molar-refractivity contribution in [1.29, 1.82) is 5.26 Å². The molecule has 3 N–H and O–H groups in total. The number of aromatic nitrogens is 1. The molecule has 0 spiro atoms. The van der Waals surface area contributed by atoms with E-state index in [0.717, 1.165) is 18.3 Å². The Morgan fingerprint density at radius 3 is 2.37 bits per heavy atom. The van der Waals surface area contributed by atoms with Crippen molar-refractivity contribution in [3.8, 4) is 11.8 Å². The fourth-order valence-corrected chi connectivity index (χ4v) is 4.01. The van der Waals surface area contributed by atoms with E-state index in [1.165, 1.54) is 50.9 Å². The number of benzene rings is 3. The van der Waals surface area contributed by atoms with Crippen LogP contribution in [0.1, 0.15) is 43.7 Å². The number of aryl methyl sites for hydroxylation is 2. The Balaban J connectivity index is 0.000000241. The molecular formula is C28H28N4O3. The van der Waals surface area contributed by atoms with Gasteiger partial charge in [0.25, 0.3) is 0 Å². The summed E-state index contributed by atoms with van der Waals surface area (Å²) in [4.78, 5) is 10.4. The molecule has 0 aliphatic heterocycles. The van der Waals surface area contributed by atoms with E-state index in [-0.39, 0.29) is 16.9 Å². The van der Waals surface area contributed by atoms with E-state index in [4.69, 9.17) is 15.5 Å². The highest BCUT2D eigenvalue weighted by atomic mass is 16.4. The van der Waals surface area contributed by atoms with Gasteiger partial charge in [-0.3, -0.25) is 5.43 Å². The molecule has 7 heteroatoms. The van der Waals surface area contributed by atoms with Crippen molar-refractivity contribution < 1.29 is 15.0 Å². The molecule has 0 radical (unpaired) electrons. The molecule has 0 aliphatic carbocycles. The molecule has 0 unspecified atom stereocenters. The van der Waals surface area contributed by atoms with Crippen LogP contribution in [-0.4, -0.2) is 27.5 Å². The van der Waals surface area contributed by atoms with Gasteiger partial charge in [0.05, 0.1) is 22.3 Å². The lowest BCUT2D eigenvalue weighted by molar-refractivity contribution is 0.0697. The summed E-state index contributed by atoms with van der Waals surface area (Å²) in [5.41, 5.74) is 12.0. The number of carboxylic acid groups (broad SMARTS) is 1. The van der Waals surface area contributed by atoms with Gasteiger partial charge < -0.3 is 14.8 Å². The number of carboxylic acids is 1. The third-order valence-electron chi connectivity index (χ3n) is 6.23. The first-order valence-corrected chi connectivity index (χ1v) is 11.0. The lowest BCUT2D eigenvalue weighted by Gasteiger charge is -2.16. The number of nitrogens with one attached hydrogen (secondary N) is 1. The molecule has 1 heterocycles. The largest absolute Gasteiger partial charge is 0.507 e. The number of hydrazone groups is 1. The van der Waals surface area contributed by atoms with Gasteiger partial charge >= 0.3 is 5.97 Å². The molecule has 4 aromatic rings. The minimum atomic E-state index is -1.12. The molecule has 1 aromatic heterocycles. The van der Waals surface area contributed by atoms with E-state index in [2.05, 4.69) is 73.9 Å². The lowest BCUT2D eigenvalue weighted by atomic mass is 9.94. The average molecular weight is 469 g/mol. The number of nitrogens with zero attached hydrogens (tertiary/aromatic N) is 3. The highest BCUT2D eigenvalue weighted by molar-refractivity contribution is 5.92. The minimum absolute atomic E-state index is 0.00986. The second-order valence-corrected chi connectivity index (χ2v) is 8.34. The summed E-state index contributed by atoms with van der Waals surface area (Å²) in [6.07, 6.45) is 2.15. The summed E-state index contributed by atoms with van der Waals surface area (Å²) in [6.45, 7) is 13.2. The summed E-state index contributed by atoms with van der Waals surface area (Å²) in [5.74, 6) is -1.32. The fraction of sp³-hybridized carbons (Fsp3) is 0.179. The van der Waals surface area contributed by atoms with Crippen molar-refractivity contribution in [3.05, 3.63) is 93.7 Å². The molecule has 178 valence electrons. The van der Waals surface area contributed by atoms with Crippen LogP contribution in [0.3, 0.4) is 0 Å². The number of anilines is 1. The molecule has 35 heavy (non-hydrogen) atoms. The molecule has 0 fully saturated rings. The van der Waals surface area contributed by atoms with Gasteiger partial charge in [0.2, 0.25) is 0 Å². The predicted molar refractivity (Wildman–Crippen MR) is 139 cm³/mol. The molecule has 4 rings (SSSR count). The maximum atomic E-state index is 10.4. The SMILES string of the molecule is C=NNc1cccc2c1ccn2Cc1c(C)c(C)cc(C)c1C.N#Cc1cc(C(=O)O)ccc1O. The van der Waals surface area contributed by atoms with Crippen molar-refractivity contribution in [2.24, 2.45) is 5.10 Å². The van der Waals surface area contributed by atoms with E-state index < -0.39 is 5.97 Å². The zero-order valence-corrected chi connectivity index (χ0v) is 20.3. The quantitative estimate of drug-likeness (QED) is 0.249. The summed E-state index contributed by atoms with van der Waals surface area (Å²) < 4.78 is 2.30. The van der Waals surface area contributed by atoms with Crippen LogP contribution in [0.2, 0.25) is 0 Å². The Bertz CT molecular complexity index is 1440. The minimum Gasteiger partial charge on any atom is -0.507 e. The van der Waals surface area contributed by atoms with Crippen LogP contribution in [0, 0.1) is 39.0 Å². The standard InChI is InChI=1S/C20H23N3.C8H5NO3/c1-13-11-14(2)16(4)18(15(13)3)12-23-10-9-17-19(22-21-5)7-6-8-20(17)23;9-4-6-3-5(8(11)12)1-2-7(6)10/h6-11,22H,5,12H2,1-4H3;1-3,10H,(H,11,12). The van der Waals surface area contributed by atoms with Crippen LogP contribution >= 0.6 is 0 Å². The Morgan fingerprint density at radius 2 is 1.77 bits per heavy atom. The van der Waals surface area contributed by atoms with Crippen molar-refractivity contribution in [1.82, 2.24) is 4.57 Å². The first kappa shape index (κ1) is 25.1. The zero-order valence-electron chi connectivity index (χ0n) is 20.3.